The predicted molar refractivity (Wildman–Crippen MR) is 88.2 cm³/mol. The van der Waals surface area contributed by atoms with Gasteiger partial charge in [-0.15, -0.1) is 0 Å². The van der Waals surface area contributed by atoms with E-state index in [4.69, 9.17) is 4.74 Å². The van der Waals surface area contributed by atoms with Gasteiger partial charge in [0.05, 0.1) is 12.6 Å². The molecule has 5 heteroatoms. The van der Waals surface area contributed by atoms with Crippen LogP contribution in [0.4, 0.5) is 0 Å². The molecule has 1 aliphatic heterocycles. The minimum atomic E-state index is -0.293. The fraction of sp³-hybridized carbons (Fsp3) is 0.412. The van der Waals surface area contributed by atoms with Gasteiger partial charge >= 0.3 is 5.97 Å². The van der Waals surface area contributed by atoms with Crippen molar-refractivity contribution in [2.24, 2.45) is 5.41 Å². The quantitative estimate of drug-likeness (QED) is 0.793. The van der Waals surface area contributed by atoms with Gasteiger partial charge in [0.2, 0.25) is 0 Å². The van der Waals surface area contributed by atoms with Crippen molar-refractivity contribution in [1.29, 1.82) is 0 Å². The summed E-state index contributed by atoms with van der Waals surface area (Å²) in [4.78, 5) is 12.4. The molecule has 0 saturated carbocycles. The lowest BCUT2D eigenvalue weighted by atomic mass is 9.96. The zero-order valence-corrected chi connectivity index (χ0v) is 13.7. The molecular formula is C17H20N2O2S. The van der Waals surface area contributed by atoms with Crippen LogP contribution in [0.25, 0.3) is 0 Å². The third-order valence-electron chi connectivity index (χ3n) is 3.98. The summed E-state index contributed by atoms with van der Waals surface area (Å²) in [5.41, 5.74) is 1.76. The molecule has 0 aliphatic carbocycles. The van der Waals surface area contributed by atoms with Crippen LogP contribution in [0.3, 0.4) is 0 Å². The number of benzene rings is 1. The molecule has 22 heavy (non-hydrogen) atoms. The molecule has 1 atom stereocenters. The predicted octanol–water partition coefficient (Wildman–Crippen LogP) is 3.40. The van der Waals surface area contributed by atoms with Crippen LogP contribution in [0, 0.1) is 5.41 Å². The standard InChI is InChI=1S/C17H20N2O2S/c1-13(14-6-4-3-5-7-14)19-15(8-9-18-19)16(20)21-10-17(2)11-22-12-17/h3-9,13H,10-12H2,1-2H3/t13-/m1/s1. The highest BCUT2D eigenvalue weighted by Crippen LogP contribution is 2.37. The monoisotopic (exact) mass is 316 g/mol. The second-order valence-electron chi connectivity index (χ2n) is 6.13. The van der Waals surface area contributed by atoms with E-state index >= 15 is 0 Å². The Hall–Kier alpha value is -1.75. The Balaban J connectivity index is 1.72. The largest absolute Gasteiger partial charge is 0.460 e. The summed E-state index contributed by atoms with van der Waals surface area (Å²) in [7, 11) is 0. The van der Waals surface area contributed by atoms with E-state index in [-0.39, 0.29) is 17.4 Å². The summed E-state index contributed by atoms with van der Waals surface area (Å²) in [6.07, 6.45) is 1.65. The fourth-order valence-corrected chi connectivity index (χ4v) is 3.57. The Morgan fingerprint density at radius 3 is 2.73 bits per heavy atom. The van der Waals surface area contributed by atoms with E-state index in [9.17, 15) is 4.79 Å². The first kappa shape index (κ1) is 15.2. The lowest BCUT2D eigenvalue weighted by Crippen LogP contribution is -2.38. The van der Waals surface area contributed by atoms with E-state index in [2.05, 4.69) is 12.0 Å². The number of carbonyl (C=O) groups is 1. The molecule has 0 spiro atoms. The number of thioether (sulfide) groups is 1. The fourth-order valence-electron chi connectivity index (χ4n) is 2.50. The van der Waals surface area contributed by atoms with Gasteiger partial charge in [-0.2, -0.15) is 16.9 Å². The lowest BCUT2D eigenvalue weighted by molar-refractivity contribution is 0.0350. The van der Waals surface area contributed by atoms with Gasteiger partial charge in [-0.1, -0.05) is 37.3 Å². The normalized spacial score (nSPS) is 17.5. The number of ether oxygens (including phenoxy) is 1. The smallest absolute Gasteiger partial charge is 0.356 e. The highest BCUT2D eigenvalue weighted by Gasteiger charge is 2.34. The summed E-state index contributed by atoms with van der Waals surface area (Å²) in [5.74, 6) is 1.82. The van der Waals surface area contributed by atoms with E-state index in [1.165, 1.54) is 0 Å². The molecule has 2 aromatic rings. The first-order chi connectivity index (χ1) is 10.6. The van der Waals surface area contributed by atoms with E-state index < -0.39 is 0 Å². The van der Waals surface area contributed by atoms with Crippen LogP contribution in [0.1, 0.15) is 35.9 Å². The maximum Gasteiger partial charge on any atom is 0.356 e. The molecule has 0 radical (unpaired) electrons. The van der Waals surface area contributed by atoms with E-state index in [1.807, 2.05) is 49.0 Å². The van der Waals surface area contributed by atoms with Crippen LogP contribution in [-0.4, -0.2) is 33.9 Å². The van der Waals surface area contributed by atoms with Crippen molar-refractivity contribution in [2.75, 3.05) is 18.1 Å². The van der Waals surface area contributed by atoms with Gasteiger partial charge in [0.25, 0.3) is 0 Å². The molecule has 1 aliphatic rings. The van der Waals surface area contributed by atoms with Crippen molar-refractivity contribution in [3.05, 3.63) is 53.9 Å². The minimum absolute atomic E-state index is 0.00593. The molecule has 1 aromatic heterocycles. The second kappa shape index (κ2) is 6.16. The van der Waals surface area contributed by atoms with Crippen molar-refractivity contribution in [2.45, 2.75) is 19.9 Å². The Labute approximate surface area is 134 Å². The van der Waals surface area contributed by atoms with Crippen molar-refractivity contribution in [3.63, 3.8) is 0 Å². The Morgan fingerprint density at radius 2 is 2.09 bits per heavy atom. The average Bonchev–Trinajstić information content (AvgIpc) is 3.00. The third-order valence-corrected chi connectivity index (χ3v) is 5.78. The van der Waals surface area contributed by atoms with Crippen molar-refractivity contribution >= 4 is 17.7 Å². The molecule has 116 valence electrons. The number of hydrogen-bond donors (Lipinski definition) is 0. The minimum Gasteiger partial charge on any atom is -0.460 e. The maximum atomic E-state index is 12.4. The molecule has 0 bridgehead atoms. The van der Waals surface area contributed by atoms with Crippen LogP contribution in [0.15, 0.2) is 42.6 Å². The number of nitrogens with zero attached hydrogens (tertiary/aromatic N) is 2. The van der Waals surface area contributed by atoms with Gasteiger partial charge in [-0.25, -0.2) is 4.79 Å². The molecule has 0 N–H and O–H groups in total. The number of carbonyl (C=O) groups excluding carboxylic acids is 1. The van der Waals surface area contributed by atoms with Gasteiger partial charge < -0.3 is 4.74 Å². The van der Waals surface area contributed by atoms with Crippen LogP contribution in [0.2, 0.25) is 0 Å². The number of aromatic nitrogens is 2. The Bertz CT molecular complexity index is 650. The topological polar surface area (TPSA) is 44.1 Å². The Kier molecular flexibility index (Phi) is 4.25. The second-order valence-corrected chi connectivity index (χ2v) is 7.11. The lowest BCUT2D eigenvalue weighted by Gasteiger charge is -2.36. The van der Waals surface area contributed by atoms with E-state index in [0.29, 0.717) is 12.3 Å². The van der Waals surface area contributed by atoms with Crippen molar-refractivity contribution < 1.29 is 9.53 Å². The van der Waals surface area contributed by atoms with Gasteiger partial charge in [0.1, 0.15) is 5.69 Å². The molecule has 1 saturated heterocycles. The molecule has 0 amide bonds. The maximum absolute atomic E-state index is 12.4. The number of hydrogen-bond acceptors (Lipinski definition) is 4. The first-order valence-electron chi connectivity index (χ1n) is 7.42. The zero-order valence-electron chi connectivity index (χ0n) is 12.9. The summed E-state index contributed by atoms with van der Waals surface area (Å²) in [6.45, 7) is 4.66. The molecule has 1 aromatic carbocycles. The summed E-state index contributed by atoms with van der Waals surface area (Å²) >= 11 is 1.89. The highest BCUT2D eigenvalue weighted by molar-refractivity contribution is 8.00. The van der Waals surface area contributed by atoms with Gasteiger partial charge in [-0.05, 0) is 18.6 Å². The van der Waals surface area contributed by atoms with Crippen molar-refractivity contribution in [1.82, 2.24) is 9.78 Å². The first-order valence-corrected chi connectivity index (χ1v) is 8.58. The van der Waals surface area contributed by atoms with Crippen LogP contribution < -0.4 is 0 Å². The SMILES string of the molecule is C[C@H](c1ccccc1)n1nccc1C(=O)OCC1(C)CSC1. The third kappa shape index (κ3) is 3.04. The molecule has 2 heterocycles. The molecule has 0 unspecified atom stereocenters. The zero-order chi connectivity index (χ0) is 15.6. The molecular weight excluding hydrogens is 296 g/mol. The van der Waals surface area contributed by atoms with Gasteiger partial charge in [-0.3, -0.25) is 4.68 Å². The molecule has 4 nitrogen and oxygen atoms in total. The van der Waals surface area contributed by atoms with Crippen LogP contribution in [-0.2, 0) is 4.74 Å². The Morgan fingerprint density at radius 1 is 1.36 bits per heavy atom. The highest BCUT2D eigenvalue weighted by atomic mass is 32.2. The van der Waals surface area contributed by atoms with E-state index in [0.717, 1.165) is 17.1 Å². The summed E-state index contributed by atoms with van der Waals surface area (Å²) in [5, 5.41) is 4.30. The number of esters is 1. The molecule has 3 rings (SSSR count). The van der Waals surface area contributed by atoms with Gasteiger partial charge in [0, 0.05) is 23.1 Å². The summed E-state index contributed by atoms with van der Waals surface area (Å²) in [6, 6.07) is 11.7. The van der Waals surface area contributed by atoms with Crippen LogP contribution in [0.5, 0.6) is 0 Å². The van der Waals surface area contributed by atoms with Gasteiger partial charge in [0.15, 0.2) is 0 Å². The molecule has 1 fully saturated rings. The summed E-state index contributed by atoms with van der Waals surface area (Å²) < 4.78 is 7.24. The van der Waals surface area contributed by atoms with Crippen molar-refractivity contribution in [3.8, 4) is 0 Å². The average molecular weight is 316 g/mol. The number of rotatable bonds is 5. The van der Waals surface area contributed by atoms with Crippen LogP contribution >= 0.6 is 11.8 Å². The van der Waals surface area contributed by atoms with E-state index in [1.54, 1.807) is 16.9 Å².